The minimum absolute atomic E-state index is 0.00841. The molecule has 9 heteroatoms. The molecule has 4 atom stereocenters. The molecule has 0 aliphatic carbocycles. The Labute approximate surface area is 168 Å². The van der Waals surface area contributed by atoms with Crippen molar-refractivity contribution in [1.82, 2.24) is 10.6 Å². The molecule has 0 radical (unpaired) electrons. The average molecular weight is 419 g/mol. The summed E-state index contributed by atoms with van der Waals surface area (Å²) in [7, 11) is 2.93. The summed E-state index contributed by atoms with van der Waals surface area (Å²) in [6, 6.07) is -1.44. The lowest BCUT2D eigenvalue weighted by Gasteiger charge is -2.27. The Morgan fingerprint density at radius 2 is 1.74 bits per heavy atom. The maximum atomic E-state index is 12.6. The molecular formula is C18H30N2O5S2. The van der Waals surface area contributed by atoms with E-state index < -0.39 is 24.2 Å². The highest BCUT2D eigenvalue weighted by Crippen LogP contribution is 2.26. The Kier molecular flexibility index (Phi) is 9.78. The molecule has 4 unspecified atom stereocenters. The standard InChI is InChI=1S/C18H30N2O5S2/c1-2-6-13-8-5-3-4-7-12(21)9-16(22)19-14-10-26-27-11-15(18(24)25-13)20-17(14)23/h12-15,21H,2-11H2,1H3,(H,19,22)(H,20,23). The van der Waals surface area contributed by atoms with Crippen molar-refractivity contribution < 1.29 is 24.2 Å². The summed E-state index contributed by atoms with van der Waals surface area (Å²) in [5, 5.41) is 15.5. The molecule has 0 aromatic carbocycles. The van der Waals surface area contributed by atoms with E-state index in [1.54, 1.807) is 0 Å². The van der Waals surface area contributed by atoms with Crippen LogP contribution >= 0.6 is 21.6 Å². The zero-order valence-corrected chi connectivity index (χ0v) is 17.4. The van der Waals surface area contributed by atoms with Gasteiger partial charge in [0.25, 0.3) is 0 Å². The summed E-state index contributed by atoms with van der Waals surface area (Å²) in [4.78, 5) is 37.2. The van der Waals surface area contributed by atoms with E-state index in [2.05, 4.69) is 17.6 Å². The topological polar surface area (TPSA) is 105 Å². The highest BCUT2D eigenvalue weighted by atomic mass is 33.1. The number of aliphatic hydroxyl groups excluding tert-OH is 1. The monoisotopic (exact) mass is 418 g/mol. The Morgan fingerprint density at radius 3 is 2.48 bits per heavy atom. The Morgan fingerprint density at radius 1 is 1.04 bits per heavy atom. The maximum Gasteiger partial charge on any atom is 0.329 e. The van der Waals surface area contributed by atoms with Gasteiger partial charge in [-0.1, -0.05) is 47.8 Å². The Balaban J connectivity index is 2.10. The van der Waals surface area contributed by atoms with Crippen LogP contribution in [0.2, 0.25) is 0 Å². The third kappa shape index (κ3) is 7.91. The van der Waals surface area contributed by atoms with Crippen molar-refractivity contribution in [1.29, 1.82) is 0 Å². The summed E-state index contributed by atoms with van der Waals surface area (Å²) in [6.07, 6.45) is 4.85. The number of aliphatic hydroxyl groups is 1. The summed E-state index contributed by atoms with van der Waals surface area (Å²) < 4.78 is 5.69. The van der Waals surface area contributed by atoms with Gasteiger partial charge in [-0.05, 0) is 25.7 Å². The molecule has 0 spiro atoms. The second kappa shape index (κ2) is 11.8. The van der Waals surface area contributed by atoms with Crippen LogP contribution in [0.15, 0.2) is 0 Å². The van der Waals surface area contributed by atoms with Gasteiger partial charge >= 0.3 is 5.97 Å². The number of ether oxygens (including phenoxy) is 1. The zero-order valence-electron chi connectivity index (χ0n) is 15.8. The number of carbonyl (C=O) groups is 3. The van der Waals surface area contributed by atoms with Gasteiger partial charge in [0.15, 0.2) is 0 Å². The predicted octanol–water partition coefficient (Wildman–Crippen LogP) is 1.78. The number of rotatable bonds is 2. The van der Waals surface area contributed by atoms with Crippen LogP contribution in [0.25, 0.3) is 0 Å². The second-order valence-electron chi connectivity index (χ2n) is 7.09. The number of esters is 1. The third-order valence-corrected chi connectivity index (χ3v) is 7.11. The van der Waals surface area contributed by atoms with Gasteiger partial charge in [0.05, 0.1) is 12.5 Å². The number of amides is 2. The smallest absolute Gasteiger partial charge is 0.329 e. The van der Waals surface area contributed by atoms with Crippen LogP contribution < -0.4 is 10.6 Å². The molecule has 27 heavy (non-hydrogen) atoms. The molecule has 2 aliphatic heterocycles. The van der Waals surface area contributed by atoms with Crippen LogP contribution in [0, 0.1) is 0 Å². The molecule has 2 saturated heterocycles. The van der Waals surface area contributed by atoms with Crippen molar-refractivity contribution in [2.45, 2.75) is 82.6 Å². The molecule has 0 aromatic rings. The largest absolute Gasteiger partial charge is 0.461 e. The van der Waals surface area contributed by atoms with E-state index in [9.17, 15) is 19.5 Å². The molecule has 0 aromatic heterocycles. The van der Waals surface area contributed by atoms with E-state index in [1.165, 1.54) is 21.6 Å². The van der Waals surface area contributed by atoms with Crippen molar-refractivity contribution >= 4 is 39.4 Å². The fraction of sp³-hybridized carbons (Fsp3) is 0.833. The van der Waals surface area contributed by atoms with Gasteiger partial charge in [-0.15, -0.1) is 0 Å². The van der Waals surface area contributed by atoms with E-state index in [1.807, 2.05) is 0 Å². The molecule has 7 nitrogen and oxygen atoms in total. The van der Waals surface area contributed by atoms with E-state index >= 15 is 0 Å². The summed E-state index contributed by atoms with van der Waals surface area (Å²) in [6.45, 7) is 2.06. The maximum absolute atomic E-state index is 12.6. The minimum atomic E-state index is -0.725. The van der Waals surface area contributed by atoms with Crippen molar-refractivity contribution in [3.05, 3.63) is 0 Å². The van der Waals surface area contributed by atoms with E-state index in [-0.39, 0.29) is 24.3 Å². The quantitative estimate of drug-likeness (QED) is 0.464. The lowest BCUT2D eigenvalue weighted by molar-refractivity contribution is -0.153. The van der Waals surface area contributed by atoms with Crippen LogP contribution in [0.4, 0.5) is 0 Å². The summed E-state index contributed by atoms with van der Waals surface area (Å²) >= 11 is 0. The van der Waals surface area contributed by atoms with Crippen LogP contribution in [-0.4, -0.2) is 58.7 Å². The molecule has 2 bridgehead atoms. The number of carbonyl (C=O) groups excluding carboxylic acids is 3. The Bertz CT molecular complexity index is 520. The molecule has 3 N–H and O–H groups in total. The van der Waals surface area contributed by atoms with Gasteiger partial charge in [-0.2, -0.15) is 0 Å². The van der Waals surface area contributed by atoms with Crippen molar-refractivity contribution in [2.24, 2.45) is 0 Å². The number of nitrogens with one attached hydrogen (secondary N) is 2. The number of hydrogen-bond acceptors (Lipinski definition) is 7. The van der Waals surface area contributed by atoms with Gasteiger partial charge < -0.3 is 20.5 Å². The summed E-state index contributed by atoms with van der Waals surface area (Å²) in [5.74, 6) is -0.273. The van der Waals surface area contributed by atoms with Crippen LogP contribution in [0.1, 0.15) is 58.3 Å². The van der Waals surface area contributed by atoms with Crippen LogP contribution in [-0.2, 0) is 19.1 Å². The highest BCUT2D eigenvalue weighted by molar-refractivity contribution is 8.76. The fourth-order valence-corrected chi connectivity index (χ4v) is 5.50. The van der Waals surface area contributed by atoms with Gasteiger partial charge in [-0.3, -0.25) is 9.59 Å². The fourth-order valence-electron chi connectivity index (χ4n) is 3.18. The summed E-state index contributed by atoms with van der Waals surface area (Å²) in [5.41, 5.74) is 0. The number of cyclic esters (lactones) is 1. The lowest BCUT2D eigenvalue weighted by atomic mass is 10.0. The van der Waals surface area contributed by atoms with Gasteiger partial charge in [0.2, 0.25) is 11.8 Å². The third-order valence-electron chi connectivity index (χ3n) is 4.68. The molecule has 2 aliphatic rings. The van der Waals surface area contributed by atoms with E-state index in [0.29, 0.717) is 17.9 Å². The molecule has 0 saturated carbocycles. The lowest BCUT2D eigenvalue weighted by Crippen LogP contribution is -2.55. The minimum Gasteiger partial charge on any atom is -0.461 e. The highest BCUT2D eigenvalue weighted by Gasteiger charge is 2.31. The molecule has 2 rings (SSSR count). The van der Waals surface area contributed by atoms with Crippen LogP contribution in [0.3, 0.4) is 0 Å². The van der Waals surface area contributed by atoms with E-state index in [0.717, 1.165) is 38.5 Å². The molecule has 2 amide bonds. The SMILES string of the molecule is CCCC1CCCCCC(O)CC(=O)NC2CSSCC(NC2=O)C(=O)O1. The van der Waals surface area contributed by atoms with Crippen molar-refractivity contribution in [3.63, 3.8) is 0 Å². The average Bonchev–Trinajstić information content (AvgIpc) is 2.60. The first kappa shape index (κ1) is 22.4. The molecule has 2 fully saturated rings. The van der Waals surface area contributed by atoms with Crippen molar-refractivity contribution in [2.75, 3.05) is 11.5 Å². The second-order valence-corrected chi connectivity index (χ2v) is 9.65. The van der Waals surface area contributed by atoms with Crippen molar-refractivity contribution in [3.8, 4) is 0 Å². The number of fused-ring (bicyclic) bond motifs is 3. The normalized spacial score (nSPS) is 32.0. The molecular weight excluding hydrogens is 388 g/mol. The first-order chi connectivity index (χ1) is 13.0. The van der Waals surface area contributed by atoms with Gasteiger partial charge in [0.1, 0.15) is 18.2 Å². The van der Waals surface area contributed by atoms with Gasteiger partial charge in [-0.25, -0.2) is 4.79 Å². The Hall–Kier alpha value is -0.930. The first-order valence-electron chi connectivity index (χ1n) is 9.72. The van der Waals surface area contributed by atoms with E-state index in [4.69, 9.17) is 4.74 Å². The molecule has 2 heterocycles. The predicted molar refractivity (Wildman–Crippen MR) is 107 cm³/mol. The first-order valence-corrected chi connectivity index (χ1v) is 12.2. The molecule has 154 valence electrons. The number of hydrogen-bond donors (Lipinski definition) is 3. The van der Waals surface area contributed by atoms with Gasteiger partial charge in [0, 0.05) is 11.5 Å². The van der Waals surface area contributed by atoms with Crippen LogP contribution in [0.5, 0.6) is 0 Å². The zero-order chi connectivity index (χ0) is 19.6.